The maximum atomic E-state index is 9.23. The second-order valence-electron chi connectivity index (χ2n) is 4.50. The molecule has 0 radical (unpaired) electrons. The maximum Gasteiger partial charge on any atom is 0.219 e. The molecule has 2 rings (SSSR count). The summed E-state index contributed by atoms with van der Waals surface area (Å²) in [5.41, 5.74) is 2.77. The molecule has 6 nitrogen and oxygen atoms in total. The third kappa shape index (κ3) is 5.24. The fourth-order valence-electron chi connectivity index (χ4n) is 1.82. The Morgan fingerprint density at radius 3 is 2.74 bits per heavy atom. The number of benzene rings is 1. The van der Waals surface area contributed by atoms with Gasteiger partial charge >= 0.3 is 0 Å². The highest BCUT2D eigenvalue weighted by molar-refractivity contribution is 7.98. The molecule has 0 aliphatic carbocycles. The SMILES string of the molecule is COCCN=C(NO)c1ccnc(Oc2ccc(SC)cc2)c1. The lowest BCUT2D eigenvalue weighted by atomic mass is 10.2. The Morgan fingerprint density at radius 2 is 2.09 bits per heavy atom. The molecule has 0 saturated carbocycles. The number of nitrogens with one attached hydrogen (secondary N) is 1. The second kappa shape index (κ2) is 9.14. The normalized spacial score (nSPS) is 11.3. The van der Waals surface area contributed by atoms with Crippen LogP contribution in [-0.4, -0.2) is 42.5 Å². The molecule has 2 aromatic rings. The monoisotopic (exact) mass is 333 g/mol. The van der Waals surface area contributed by atoms with Gasteiger partial charge in [-0.25, -0.2) is 4.98 Å². The van der Waals surface area contributed by atoms with E-state index in [2.05, 4.69) is 15.5 Å². The Bertz CT molecular complexity index is 647. The Hall–Kier alpha value is -2.09. The van der Waals surface area contributed by atoms with E-state index in [9.17, 15) is 5.21 Å². The molecule has 0 saturated heterocycles. The van der Waals surface area contributed by atoms with Crippen molar-refractivity contribution in [3.05, 3.63) is 48.2 Å². The summed E-state index contributed by atoms with van der Waals surface area (Å²) in [7, 11) is 1.60. The van der Waals surface area contributed by atoms with Crippen molar-refractivity contribution in [3.63, 3.8) is 0 Å². The van der Waals surface area contributed by atoms with Crippen LogP contribution in [0, 0.1) is 0 Å². The highest BCUT2D eigenvalue weighted by atomic mass is 32.2. The number of aromatic nitrogens is 1. The first-order valence-electron chi connectivity index (χ1n) is 6.98. The minimum absolute atomic E-state index is 0.340. The van der Waals surface area contributed by atoms with Gasteiger partial charge < -0.3 is 9.47 Å². The molecule has 1 heterocycles. The Balaban J connectivity index is 2.13. The lowest BCUT2D eigenvalue weighted by molar-refractivity contribution is 0.206. The third-order valence-electron chi connectivity index (χ3n) is 2.96. The van der Waals surface area contributed by atoms with Gasteiger partial charge in [0.2, 0.25) is 5.88 Å². The minimum Gasteiger partial charge on any atom is -0.439 e. The van der Waals surface area contributed by atoms with E-state index < -0.39 is 0 Å². The zero-order chi connectivity index (χ0) is 16.5. The van der Waals surface area contributed by atoms with Crippen molar-refractivity contribution < 1.29 is 14.7 Å². The maximum absolute atomic E-state index is 9.23. The van der Waals surface area contributed by atoms with Gasteiger partial charge in [-0.1, -0.05) is 0 Å². The predicted octanol–water partition coefficient (Wildman–Crippen LogP) is 2.97. The molecule has 23 heavy (non-hydrogen) atoms. The molecule has 1 aromatic carbocycles. The van der Waals surface area contributed by atoms with Crippen LogP contribution in [0.2, 0.25) is 0 Å². The molecule has 0 atom stereocenters. The van der Waals surface area contributed by atoms with E-state index in [1.807, 2.05) is 30.5 Å². The average Bonchev–Trinajstić information content (AvgIpc) is 2.60. The number of rotatable bonds is 7. The number of hydrogen-bond donors (Lipinski definition) is 2. The molecule has 0 aliphatic rings. The minimum atomic E-state index is 0.340. The summed E-state index contributed by atoms with van der Waals surface area (Å²) >= 11 is 1.67. The van der Waals surface area contributed by atoms with Crippen LogP contribution >= 0.6 is 11.8 Å². The van der Waals surface area contributed by atoms with Crippen molar-refractivity contribution in [1.82, 2.24) is 10.5 Å². The van der Waals surface area contributed by atoms with Crippen LogP contribution < -0.4 is 10.2 Å². The first-order chi connectivity index (χ1) is 11.3. The van der Waals surface area contributed by atoms with Gasteiger partial charge in [0.05, 0.1) is 13.2 Å². The van der Waals surface area contributed by atoms with Gasteiger partial charge in [0.25, 0.3) is 0 Å². The summed E-state index contributed by atoms with van der Waals surface area (Å²) in [5.74, 6) is 1.46. The number of hydroxylamine groups is 1. The van der Waals surface area contributed by atoms with E-state index >= 15 is 0 Å². The zero-order valence-corrected chi connectivity index (χ0v) is 13.8. The van der Waals surface area contributed by atoms with E-state index in [4.69, 9.17) is 9.47 Å². The van der Waals surface area contributed by atoms with Crippen molar-refractivity contribution in [2.24, 2.45) is 4.99 Å². The van der Waals surface area contributed by atoms with Crippen molar-refractivity contribution in [2.45, 2.75) is 4.90 Å². The molecule has 122 valence electrons. The summed E-state index contributed by atoms with van der Waals surface area (Å²) in [6, 6.07) is 11.2. The second-order valence-corrected chi connectivity index (χ2v) is 5.37. The summed E-state index contributed by atoms with van der Waals surface area (Å²) in [6.07, 6.45) is 3.62. The number of thioether (sulfide) groups is 1. The first kappa shape index (κ1) is 17.3. The van der Waals surface area contributed by atoms with Crippen LogP contribution in [0.4, 0.5) is 0 Å². The van der Waals surface area contributed by atoms with Crippen LogP contribution in [-0.2, 0) is 4.74 Å². The van der Waals surface area contributed by atoms with E-state index in [-0.39, 0.29) is 0 Å². The predicted molar refractivity (Wildman–Crippen MR) is 90.7 cm³/mol. The molecule has 0 unspecified atom stereocenters. The van der Waals surface area contributed by atoms with Crippen molar-refractivity contribution in [3.8, 4) is 11.6 Å². The van der Waals surface area contributed by atoms with Crippen LogP contribution in [0.3, 0.4) is 0 Å². The number of amidine groups is 1. The lowest BCUT2D eigenvalue weighted by Gasteiger charge is -2.08. The van der Waals surface area contributed by atoms with Gasteiger partial charge in [-0.05, 0) is 36.6 Å². The van der Waals surface area contributed by atoms with Gasteiger partial charge in [-0.15, -0.1) is 11.8 Å². The smallest absolute Gasteiger partial charge is 0.219 e. The van der Waals surface area contributed by atoms with Crippen molar-refractivity contribution in [1.29, 1.82) is 0 Å². The molecule has 0 aliphatic heterocycles. The summed E-state index contributed by atoms with van der Waals surface area (Å²) in [6.45, 7) is 0.912. The largest absolute Gasteiger partial charge is 0.439 e. The quantitative estimate of drug-likeness (QED) is 0.267. The number of aliphatic imine (C=N–C) groups is 1. The number of ether oxygens (including phenoxy) is 2. The van der Waals surface area contributed by atoms with Crippen molar-refractivity contribution in [2.75, 3.05) is 26.5 Å². The number of methoxy groups -OCH3 is 1. The molecule has 0 bridgehead atoms. The zero-order valence-electron chi connectivity index (χ0n) is 13.0. The van der Waals surface area contributed by atoms with Gasteiger partial charge in [0, 0.05) is 29.8 Å². The Kier molecular flexibility index (Phi) is 6.86. The van der Waals surface area contributed by atoms with Crippen LogP contribution in [0.15, 0.2) is 52.5 Å². The number of hydrogen-bond acceptors (Lipinski definition) is 6. The molecule has 2 N–H and O–H groups in total. The molecular weight excluding hydrogens is 314 g/mol. The van der Waals surface area contributed by atoms with Crippen molar-refractivity contribution >= 4 is 17.6 Å². The van der Waals surface area contributed by atoms with Crippen LogP contribution in [0.1, 0.15) is 5.56 Å². The summed E-state index contributed by atoms with van der Waals surface area (Å²) < 4.78 is 10.7. The van der Waals surface area contributed by atoms with Gasteiger partial charge in [0.15, 0.2) is 5.84 Å². The molecule has 0 spiro atoms. The van der Waals surface area contributed by atoms with Crippen LogP contribution in [0.5, 0.6) is 11.6 Å². The van der Waals surface area contributed by atoms with Gasteiger partial charge in [0.1, 0.15) is 5.75 Å². The van der Waals surface area contributed by atoms with Crippen LogP contribution in [0.25, 0.3) is 0 Å². The van der Waals surface area contributed by atoms with E-state index in [1.54, 1.807) is 37.2 Å². The third-order valence-corrected chi connectivity index (χ3v) is 3.70. The highest BCUT2D eigenvalue weighted by Gasteiger charge is 2.06. The summed E-state index contributed by atoms with van der Waals surface area (Å²) in [4.78, 5) is 9.55. The summed E-state index contributed by atoms with van der Waals surface area (Å²) in [5, 5.41) is 9.23. The molecule has 7 heteroatoms. The topological polar surface area (TPSA) is 76.0 Å². The average molecular weight is 333 g/mol. The van der Waals surface area contributed by atoms with Gasteiger partial charge in [-0.3, -0.25) is 15.7 Å². The Labute approximate surface area is 139 Å². The standard InChI is InChI=1S/C16H19N3O3S/c1-21-10-9-18-16(19-20)12-7-8-17-15(11-12)22-13-3-5-14(23-2)6-4-13/h3-8,11,20H,9-10H2,1-2H3,(H,18,19). The number of nitrogens with zero attached hydrogens (tertiary/aromatic N) is 2. The fraction of sp³-hybridized carbons (Fsp3) is 0.250. The van der Waals surface area contributed by atoms with E-state index in [1.165, 1.54) is 0 Å². The molecular formula is C16H19N3O3S. The highest BCUT2D eigenvalue weighted by Crippen LogP contribution is 2.23. The number of pyridine rings is 1. The molecule has 0 fully saturated rings. The fourth-order valence-corrected chi connectivity index (χ4v) is 2.23. The molecule has 1 aromatic heterocycles. The lowest BCUT2D eigenvalue weighted by Crippen LogP contribution is -2.21. The molecule has 0 amide bonds. The first-order valence-corrected chi connectivity index (χ1v) is 8.21. The van der Waals surface area contributed by atoms with E-state index in [0.717, 1.165) is 4.90 Å². The van der Waals surface area contributed by atoms with Gasteiger partial charge in [-0.2, -0.15) is 0 Å². The Morgan fingerprint density at radius 1 is 1.30 bits per heavy atom. The van der Waals surface area contributed by atoms with E-state index in [0.29, 0.717) is 36.2 Å².